The van der Waals surface area contributed by atoms with Crippen molar-refractivity contribution in [2.24, 2.45) is 0 Å². The molecule has 0 aliphatic carbocycles. The van der Waals surface area contributed by atoms with Gasteiger partial charge in [-0.25, -0.2) is 4.98 Å². The summed E-state index contributed by atoms with van der Waals surface area (Å²) in [7, 11) is 0. The fraction of sp³-hybridized carbons (Fsp3) is 0.167. The van der Waals surface area contributed by atoms with Gasteiger partial charge in [0.05, 0.1) is 5.69 Å². The molecule has 0 saturated heterocycles. The number of aromatic nitrogens is 1. The van der Waals surface area contributed by atoms with Gasteiger partial charge in [-0.15, -0.1) is 22.9 Å². The highest BCUT2D eigenvalue weighted by molar-refractivity contribution is 7.14. The summed E-state index contributed by atoms with van der Waals surface area (Å²) >= 11 is 12.8. The first-order valence-electron chi connectivity index (χ1n) is 5.22. The molecule has 2 aromatic rings. The van der Waals surface area contributed by atoms with Gasteiger partial charge in [0.15, 0.2) is 5.13 Å². The van der Waals surface area contributed by atoms with E-state index in [0.717, 1.165) is 11.3 Å². The second-order valence-electron chi connectivity index (χ2n) is 3.65. The number of anilines is 1. The van der Waals surface area contributed by atoms with Crippen molar-refractivity contribution in [2.75, 3.05) is 5.32 Å². The zero-order chi connectivity index (χ0) is 13.1. The maximum Gasteiger partial charge on any atom is 0.243 e. The van der Waals surface area contributed by atoms with Gasteiger partial charge in [-0.05, 0) is 19.1 Å². The number of carbonyl (C=O) groups excluding carboxylic acids is 1. The standard InChI is InChI=1S/C12H10Cl2N2OS/c1-7(13)11(17)16-12-15-10(6-18-12)8-2-4-9(14)5-3-8/h2-7H,1H3,(H,15,16,17)/t7-/m1/s1. The Morgan fingerprint density at radius 1 is 1.39 bits per heavy atom. The Bertz CT molecular complexity index is 551. The molecule has 6 heteroatoms. The van der Waals surface area contributed by atoms with E-state index >= 15 is 0 Å². The van der Waals surface area contributed by atoms with Gasteiger partial charge in [-0.2, -0.15) is 0 Å². The van der Waals surface area contributed by atoms with E-state index in [4.69, 9.17) is 23.2 Å². The van der Waals surface area contributed by atoms with Crippen LogP contribution in [0, 0.1) is 0 Å². The first-order chi connectivity index (χ1) is 8.56. The van der Waals surface area contributed by atoms with Gasteiger partial charge in [0.25, 0.3) is 0 Å². The highest BCUT2D eigenvalue weighted by Gasteiger charge is 2.12. The molecule has 0 spiro atoms. The van der Waals surface area contributed by atoms with E-state index in [0.29, 0.717) is 10.2 Å². The van der Waals surface area contributed by atoms with Crippen LogP contribution in [0.4, 0.5) is 5.13 Å². The molecule has 0 saturated carbocycles. The summed E-state index contributed by atoms with van der Waals surface area (Å²) in [5.41, 5.74) is 1.75. The number of thiazole rings is 1. The molecule has 1 amide bonds. The van der Waals surface area contributed by atoms with Crippen molar-refractivity contribution in [2.45, 2.75) is 12.3 Å². The fourth-order valence-corrected chi connectivity index (χ4v) is 2.19. The van der Waals surface area contributed by atoms with Crippen molar-refractivity contribution in [3.8, 4) is 11.3 Å². The third-order valence-electron chi connectivity index (χ3n) is 2.24. The lowest BCUT2D eigenvalue weighted by Gasteiger charge is -2.01. The minimum Gasteiger partial charge on any atom is -0.301 e. The van der Waals surface area contributed by atoms with Gasteiger partial charge in [0.2, 0.25) is 5.91 Å². The van der Waals surface area contributed by atoms with Crippen LogP contribution in [0.3, 0.4) is 0 Å². The minimum atomic E-state index is -0.576. The number of amides is 1. The third-order valence-corrected chi connectivity index (χ3v) is 3.44. The van der Waals surface area contributed by atoms with E-state index in [1.807, 2.05) is 17.5 Å². The summed E-state index contributed by atoms with van der Waals surface area (Å²) in [6, 6.07) is 7.37. The number of benzene rings is 1. The molecule has 1 aromatic heterocycles. The van der Waals surface area contributed by atoms with Crippen molar-refractivity contribution in [3.63, 3.8) is 0 Å². The number of hydrogen-bond acceptors (Lipinski definition) is 3. The lowest BCUT2D eigenvalue weighted by atomic mass is 10.2. The molecular formula is C12H10Cl2N2OS. The fourth-order valence-electron chi connectivity index (χ4n) is 1.29. The number of hydrogen-bond donors (Lipinski definition) is 1. The highest BCUT2D eigenvalue weighted by Crippen LogP contribution is 2.26. The summed E-state index contributed by atoms with van der Waals surface area (Å²) in [4.78, 5) is 15.7. The average molecular weight is 301 g/mol. The molecule has 1 aromatic carbocycles. The Morgan fingerprint density at radius 2 is 2.06 bits per heavy atom. The van der Waals surface area contributed by atoms with Gasteiger partial charge in [-0.3, -0.25) is 4.79 Å². The van der Waals surface area contributed by atoms with E-state index in [2.05, 4.69) is 10.3 Å². The first kappa shape index (κ1) is 13.3. The second kappa shape index (κ2) is 5.69. The smallest absolute Gasteiger partial charge is 0.243 e. The predicted octanol–water partition coefficient (Wildman–Crippen LogP) is 4.03. The van der Waals surface area contributed by atoms with E-state index in [1.54, 1.807) is 19.1 Å². The van der Waals surface area contributed by atoms with Crippen molar-refractivity contribution >= 4 is 45.6 Å². The number of halogens is 2. The zero-order valence-electron chi connectivity index (χ0n) is 9.48. The van der Waals surface area contributed by atoms with Crippen LogP contribution < -0.4 is 5.32 Å². The first-order valence-corrected chi connectivity index (χ1v) is 6.92. The van der Waals surface area contributed by atoms with Crippen LogP contribution in [-0.2, 0) is 4.79 Å². The molecule has 0 fully saturated rings. The lowest BCUT2D eigenvalue weighted by Crippen LogP contribution is -2.20. The van der Waals surface area contributed by atoms with Crippen LogP contribution in [0.25, 0.3) is 11.3 Å². The number of nitrogens with one attached hydrogen (secondary N) is 1. The molecule has 0 bridgehead atoms. The SMILES string of the molecule is C[C@@H](Cl)C(=O)Nc1nc(-c2ccc(Cl)cc2)cs1. The maximum absolute atomic E-state index is 11.4. The largest absolute Gasteiger partial charge is 0.301 e. The van der Waals surface area contributed by atoms with Crippen LogP contribution >= 0.6 is 34.5 Å². The van der Waals surface area contributed by atoms with Crippen LogP contribution in [0.15, 0.2) is 29.6 Å². The molecule has 1 atom stereocenters. The number of nitrogens with zero attached hydrogens (tertiary/aromatic N) is 1. The van der Waals surface area contributed by atoms with Crippen LogP contribution in [-0.4, -0.2) is 16.3 Å². The molecule has 18 heavy (non-hydrogen) atoms. The van der Waals surface area contributed by atoms with Crippen molar-refractivity contribution in [3.05, 3.63) is 34.7 Å². The summed E-state index contributed by atoms with van der Waals surface area (Å²) < 4.78 is 0. The lowest BCUT2D eigenvalue weighted by molar-refractivity contribution is -0.115. The topological polar surface area (TPSA) is 42.0 Å². The summed E-state index contributed by atoms with van der Waals surface area (Å²) in [6.07, 6.45) is 0. The molecule has 0 unspecified atom stereocenters. The van der Waals surface area contributed by atoms with E-state index in [9.17, 15) is 4.79 Å². The molecule has 3 nitrogen and oxygen atoms in total. The van der Waals surface area contributed by atoms with Crippen LogP contribution in [0.5, 0.6) is 0 Å². The quantitative estimate of drug-likeness (QED) is 0.870. The molecule has 94 valence electrons. The normalized spacial score (nSPS) is 12.2. The van der Waals surface area contributed by atoms with Crippen molar-refractivity contribution in [1.29, 1.82) is 0 Å². The Hall–Kier alpha value is -1.10. The van der Waals surface area contributed by atoms with Crippen LogP contribution in [0.2, 0.25) is 5.02 Å². The number of alkyl halides is 1. The molecule has 1 heterocycles. The molecule has 0 aliphatic heterocycles. The van der Waals surface area contributed by atoms with Gasteiger partial charge in [0.1, 0.15) is 5.38 Å². The second-order valence-corrected chi connectivity index (χ2v) is 5.60. The van der Waals surface area contributed by atoms with E-state index in [-0.39, 0.29) is 5.91 Å². The zero-order valence-corrected chi connectivity index (χ0v) is 11.8. The van der Waals surface area contributed by atoms with Gasteiger partial charge < -0.3 is 5.32 Å². The Balaban J connectivity index is 2.15. The maximum atomic E-state index is 11.4. The summed E-state index contributed by atoms with van der Waals surface area (Å²) in [5, 5.41) is 5.17. The molecule has 1 N–H and O–H groups in total. The van der Waals surface area contributed by atoms with Gasteiger partial charge in [-0.1, -0.05) is 23.7 Å². The number of carbonyl (C=O) groups is 1. The Morgan fingerprint density at radius 3 is 2.67 bits per heavy atom. The van der Waals surface area contributed by atoms with Crippen molar-refractivity contribution in [1.82, 2.24) is 4.98 Å². The summed E-state index contributed by atoms with van der Waals surface area (Å²) in [6.45, 7) is 1.62. The van der Waals surface area contributed by atoms with Gasteiger partial charge >= 0.3 is 0 Å². The molecule has 0 aliphatic rings. The Kier molecular flexibility index (Phi) is 4.22. The molecule has 2 rings (SSSR count). The predicted molar refractivity (Wildman–Crippen MR) is 76.5 cm³/mol. The Labute approximate surface area is 119 Å². The third kappa shape index (κ3) is 3.22. The van der Waals surface area contributed by atoms with Crippen LogP contribution in [0.1, 0.15) is 6.92 Å². The monoisotopic (exact) mass is 300 g/mol. The highest BCUT2D eigenvalue weighted by atomic mass is 35.5. The average Bonchev–Trinajstić information content (AvgIpc) is 2.78. The van der Waals surface area contributed by atoms with Gasteiger partial charge in [0, 0.05) is 16.0 Å². The minimum absolute atomic E-state index is 0.256. The summed E-state index contributed by atoms with van der Waals surface area (Å²) in [5.74, 6) is -0.256. The van der Waals surface area contributed by atoms with Crippen molar-refractivity contribution < 1.29 is 4.79 Å². The molecule has 0 radical (unpaired) electrons. The number of rotatable bonds is 3. The molecular weight excluding hydrogens is 291 g/mol. The van der Waals surface area contributed by atoms with E-state index in [1.165, 1.54) is 11.3 Å². The van der Waals surface area contributed by atoms with E-state index < -0.39 is 5.38 Å².